The number of rotatable bonds is 7. The zero-order valence-corrected chi connectivity index (χ0v) is 7.94. The fourth-order valence-corrected chi connectivity index (χ4v) is 1.02. The minimum absolute atomic E-state index is 0.418. The van der Waals surface area contributed by atoms with Crippen molar-refractivity contribution in [3.63, 3.8) is 0 Å². The van der Waals surface area contributed by atoms with Crippen LogP contribution in [0.4, 0.5) is 0 Å². The minimum Gasteiger partial charge on any atom is -0.494 e. The van der Waals surface area contributed by atoms with Gasteiger partial charge in [0.1, 0.15) is 5.75 Å². The summed E-state index contributed by atoms with van der Waals surface area (Å²) in [5, 5.41) is 0. The molecule has 0 aromatic heterocycles. The Balaban J connectivity index is 2.02. The van der Waals surface area contributed by atoms with Gasteiger partial charge in [0.15, 0.2) is 0 Å². The topological polar surface area (TPSA) is 35.5 Å². The van der Waals surface area contributed by atoms with Crippen molar-refractivity contribution in [2.24, 2.45) is 0 Å². The maximum Gasteiger partial charge on any atom is 0.417 e. The van der Waals surface area contributed by atoms with Crippen LogP contribution in [0.15, 0.2) is 30.3 Å². The van der Waals surface area contributed by atoms with Gasteiger partial charge >= 0.3 is 6.47 Å². The largest absolute Gasteiger partial charge is 0.494 e. The fourth-order valence-electron chi connectivity index (χ4n) is 1.02. The van der Waals surface area contributed by atoms with E-state index in [1.165, 1.54) is 6.47 Å². The number of ether oxygens (including phenoxy) is 2. The summed E-state index contributed by atoms with van der Waals surface area (Å²) in [6.07, 6.45) is 1.68. The third-order valence-corrected chi connectivity index (χ3v) is 1.71. The Hall–Kier alpha value is -1.51. The average Bonchev–Trinajstić information content (AvgIpc) is 2.25. The molecule has 1 rings (SSSR count). The van der Waals surface area contributed by atoms with Crippen molar-refractivity contribution >= 4 is 6.47 Å². The molecule has 14 heavy (non-hydrogen) atoms. The summed E-state index contributed by atoms with van der Waals surface area (Å²) in [5.41, 5.74) is 0. The number of benzene rings is 1. The summed E-state index contributed by atoms with van der Waals surface area (Å²) in [4.78, 5) is 9.68. The molecular formula is C11H13O3. The Kier molecular flexibility index (Phi) is 5.25. The lowest BCUT2D eigenvalue weighted by atomic mass is 10.3. The predicted molar refractivity (Wildman–Crippen MR) is 52.8 cm³/mol. The van der Waals surface area contributed by atoms with Gasteiger partial charge in [0.25, 0.3) is 0 Å². The quantitative estimate of drug-likeness (QED) is 0.621. The molecule has 0 N–H and O–H groups in total. The Morgan fingerprint density at radius 3 is 2.50 bits per heavy atom. The predicted octanol–water partition coefficient (Wildman–Crippen LogP) is 1.93. The first-order valence-electron chi connectivity index (χ1n) is 4.60. The molecule has 0 amide bonds. The number of para-hydroxylation sites is 1. The SMILES string of the molecule is O=[C]OCCCCOc1ccccc1. The van der Waals surface area contributed by atoms with Gasteiger partial charge in [-0.1, -0.05) is 18.2 Å². The Bertz CT molecular complexity index is 246. The van der Waals surface area contributed by atoms with Crippen molar-refractivity contribution in [3.8, 4) is 5.75 Å². The molecule has 0 heterocycles. The molecule has 0 saturated carbocycles. The monoisotopic (exact) mass is 193 g/mol. The van der Waals surface area contributed by atoms with Crippen molar-refractivity contribution in [3.05, 3.63) is 30.3 Å². The van der Waals surface area contributed by atoms with Gasteiger partial charge in [-0.2, -0.15) is 0 Å². The van der Waals surface area contributed by atoms with Gasteiger partial charge in [0, 0.05) is 0 Å². The molecule has 0 aliphatic rings. The minimum atomic E-state index is 0.418. The fraction of sp³-hybridized carbons (Fsp3) is 0.364. The van der Waals surface area contributed by atoms with Crippen LogP contribution in [0.2, 0.25) is 0 Å². The number of carbonyl (C=O) groups excluding carboxylic acids is 1. The molecule has 1 radical (unpaired) electrons. The lowest BCUT2D eigenvalue weighted by molar-refractivity contribution is 0.247. The van der Waals surface area contributed by atoms with Crippen LogP contribution in [0.5, 0.6) is 5.75 Å². The van der Waals surface area contributed by atoms with Crippen LogP contribution in [0.1, 0.15) is 12.8 Å². The van der Waals surface area contributed by atoms with Crippen molar-refractivity contribution in [2.75, 3.05) is 13.2 Å². The summed E-state index contributed by atoms with van der Waals surface area (Å²) in [6, 6.07) is 9.63. The van der Waals surface area contributed by atoms with Crippen LogP contribution < -0.4 is 4.74 Å². The Morgan fingerprint density at radius 2 is 1.79 bits per heavy atom. The second-order valence-corrected chi connectivity index (χ2v) is 2.80. The lowest BCUT2D eigenvalue weighted by Gasteiger charge is -2.04. The van der Waals surface area contributed by atoms with Gasteiger partial charge in [-0.15, -0.1) is 0 Å². The van der Waals surface area contributed by atoms with Gasteiger partial charge in [-0.05, 0) is 25.0 Å². The van der Waals surface area contributed by atoms with Crippen molar-refractivity contribution in [2.45, 2.75) is 12.8 Å². The van der Waals surface area contributed by atoms with Gasteiger partial charge in [-0.25, -0.2) is 4.79 Å². The van der Waals surface area contributed by atoms with Gasteiger partial charge in [0.05, 0.1) is 13.2 Å². The molecule has 3 nitrogen and oxygen atoms in total. The normalized spacial score (nSPS) is 9.43. The molecule has 0 fully saturated rings. The highest BCUT2D eigenvalue weighted by Crippen LogP contribution is 2.08. The van der Waals surface area contributed by atoms with E-state index >= 15 is 0 Å². The second-order valence-electron chi connectivity index (χ2n) is 2.80. The summed E-state index contributed by atoms with van der Waals surface area (Å²) < 4.78 is 9.86. The Morgan fingerprint density at radius 1 is 1.07 bits per heavy atom. The molecule has 0 spiro atoms. The van der Waals surface area contributed by atoms with Gasteiger partial charge in [-0.3, -0.25) is 0 Å². The second kappa shape index (κ2) is 6.95. The van der Waals surface area contributed by atoms with E-state index in [1.54, 1.807) is 0 Å². The van der Waals surface area contributed by atoms with Crippen LogP contribution >= 0.6 is 0 Å². The molecule has 0 unspecified atom stereocenters. The molecule has 0 saturated heterocycles. The standard InChI is InChI=1S/C11H13O3/c12-10-13-8-4-5-9-14-11-6-2-1-3-7-11/h1-3,6-7H,4-5,8-9H2. The number of hydrogen-bond acceptors (Lipinski definition) is 3. The van der Waals surface area contributed by atoms with Crippen molar-refractivity contribution in [1.29, 1.82) is 0 Å². The van der Waals surface area contributed by atoms with E-state index in [0.29, 0.717) is 13.2 Å². The highest BCUT2D eigenvalue weighted by molar-refractivity contribution is 5.37. The maximum atomic E-state index is 9.68. The Labute approximate surface area is 83.6 Å². The molecule has 75 valence electrons. The molecule has 0 bridgehead atoms. The molecule has 3 heteroatoms. The van der Waals surface area contributed by atoms with E-state index < -0.39 is 0 Å². The van der Waals surface area contributed by atoms with Crippen molar-refractivity contribution < 1.29 is 14.3 Å². The van der Waals surface area contributed by atoms with Crippen LogP contribution in [-0.2, 0) is 9.53 Å². The zero-order valence-electron chi connectivity index (χ0n) is 7.94. The third-order valence-electron chi connectivity index (χ3n) is 1.71. The van der Waals surface area contributed by atoms with Crippen LogP contribution in [-0.4, -0.2) is 19.7 Å². The van der Waals surface area contributed by atoms with E-state index in [4.69, 9.17) is 4.74 Å². The molecule has 0 atom stereocenters. The van der Waals surface area contributed by atoms with E-state index in [-0.39, 0.29) is 0 Å². The highest BCUT2D eigenvalue weighted by Gasteiger charge is 1.92. The van der Waals surface area contributed by atoms with E-state index in [0.717, 1.165) is 18.6 Å². The van der Waals surface area contributed by atoms with Crippen LogP contribution in [0.3, 0.4) is 0 Å². The molecular weight excluding hydrogens is 180 g/mol. The smallest absolute Gasteiger partial charge is 0.417 e. The van der Waals surface area contributed by atoms with Gasteiger partial charge < -0.3 is 9.47 Å². The summed E-state index contributed by atoms with van der Waals surface area (Å²) in [5.74, 6) is 0.871. The first-order chi connectivity index (χ1) is 6.93. The summed E-state index contributed by atoms with van der Waals surface area (Å²) in [7, 11) is 0. The summed E-state index contributed by atoms with van der Waals surface area (Å²) >= 11 is 0. The van der Waals surface area contributed by atoms with E-state index in [9.17, 15) is 4.79 Å². The average molecular weight is 193 g/mol. The maximum absolute atomic E-state index is 9.68. The zero-order chi connectivity index (χ0) is 10.1. The highest BCUT2D eigenvalue weighted by atomic mass is 16.5. The molecule has 1 aromatic carbocycles. The van der Waals surface area contributed by atoms with Gasteiger partial charge in [0.2, 0.25) is 0 Å². The van der Waals surface area contributed by atoms with Crippen LogP contribution in [0, 0.1) is 0 Å². The molecule has 0 aliphatic heterocycles. The molecule has 0 aliphatic carbocycles. The summed E-state index contributed by atoms with van der Waals surface area (Å²) in [6.45, 7) is 2.45. The third kappa shape index (κ3) is 4.50. The first kappa shape index (κ1) is 10.6. The molecule has 1 aromatic rings. The van der Waals surface area contributed by atoms with E-state index in [1.807, 2.05) is 30.3 Å². The lowest BCUT2D eigenvalue weighted by Crippen LogP contribution is -1.99. The number of unbranched alkanes of at least 4 members (excludes halogenated alkanes) is 1. The first-order valence-corrected chi connectivity index (χ1v) is 4.60. The van der Waals surface area contributed by atoms with Crippen molar-refractivity contribution in [1.82, 2.24) is 0 Å². The van der Waals surface area contributed by atoms with Crippen LogP contribution in [0.25, 0.3) is 0 Å². The number of hydrogen-bond donors (Lipinski definition) is 0. The van der Waals surface area contributed by atoms with E-state index in [2.05, 4.69) is 4.74 Å².